The summed E-state index contributed by atoms with van der Waals surface area (Å²) < 4.78 is 5.65. The van der Waals surface area contributed by atoms with Crippen LogP contribution in [0.4, 0.5) is 17.1 Å². The molecule has 0 saturated carbocycles. The first-order chi connectivity index (χ1) is 15.0. The van der Waals surface area contributed by atoms with E-state index in [1.54, 1.807) is 18.2 Å². The zero-order valence-corrected chi connectivity index (χ0v) is 16.3. The summed E-state index contributed by atoms with van der Waals surface area (Å²) in [6.07, 6.45) is 0. The van der Waals surface area contributed by atoms with Crippen LogP contribution in [-0.2, 0) is 6.61 Å². The maximum absolute atomic E-state index is 11.7. The third kappa shape index (κ3) is 4.45. The van der Waals surface area contributed by atoms with Crippen molar-refractivity contribution in [3.63, 3.8) is 0 Å². The summed E-state index contributed by atoms with van der Waals surface area (Å²) in [4.78, 5) is 22.8. The zero-order valence-electron chi connectivity index (χ0n) is 16.3. The second kappa shape index (κ2) is 8.54. The molecule has 4 rings (SSSR count). The normalized spacial score (nSPS) is 10.6. The number of hydrogen-bond donors (Lipinski definition) is 2. The minimum Gasteiger partial charge on any atom is -0.482 e. The molecule has 0 fully saturated rings. The van der Waals surface area contributed by atoms with E-state index in [0.29, 0.717) is 11.4 Å². The maximum atomic E-state index is 11.7. The molecule has 0 amide bonds. The van der Waals surface area contributed by atoms with Crippen molar-refractivity contribution in [3.05, 3.63) is 106 Å². The third-order valence-electron chi connectivity index (χ3n) is 4.79. The standard InChI is InChI=1S/C24H18N2O5/c27-24(28)20-12-17-8-4-5-9-18(17)13-21(20)25-19-10-11-23(22(14-19)26(29)30)31-15-16-6-2-1-3-7-16/h1-14,25H,15H2,(H,27,28). The lowest BCUT2D eigenvalue weighted by atomic mass is 10.0. The van der Waals surface area contributed by atoms with Crippen LogP contribution in [0.15, 0.2) is 84.9 Å². The molecular weight excluding hydrogens is 396 g/mol. The van der Waals surface area contributed by atoms with Gasteiger partial charge in [-0.1, -0.05) is 54.6 Å². The minimum absolute atomic E-state index is 0.0748. The van der Waals surface area contributed by atoms with Gasteiger partial charge in [0.25, 0.3) is 0 Å². The number of ether oxygens (including phenoxy) is 1. The number of anilines is 2. The van der Waals surface area contributed by atoms with Crippen molar-refractivity contribution in [2.75, 3.05) is 5.32 Å². The van der Waals surface area contributed by atoms with E-state index in [0.717, 1.165) is 16.3 Å². The van der Waals surface area contributed by atoms with Crippen LogP contribution in [0.5, 0.6) is 5.75 Å². The quantitative estimate of drug-likeness (QED) is 0.294. The molecule has 0 atom stereocenters. The van der Waals surface area contributed by atoms with Crippen molar-refractivity contribution in [1.29, 1.82) is 0 Å². The van der Waals surface area contributed by atoms with Crippen molar-refractivity contribution >= 4 is 33.8 Å². The Balaban J connectivity index is 1.64. The summed E-state index contributed by atoms with van der Waals surface area (Å²) in [6.45, 7) is 0.197. The lowest BCUT2D eigenvalue weighted by molar-refractivity contribution is -0.385. The summed E-state index contributed by atoms with van der Waals surface area (Å²) in [7, 11) is 0. The first-order valence-electron chi connectivity index (χ1n) is 9.49. The predicted octanol–water partition coefficient (Wildman–Crippen LogP) is 5.77. The van der Waals surface area contributed by atoms with Crippen LogP contribution in [0.3, 0.4) is 0 Å². The Morgan fingerprint density at radius 1 is 0.935 bits per heavy atom. The fourth-order valence-electron chi connectivity index (χ4n) is 3.27. The van der Waals surface area contributed by atoms with Crippen LogP contribution in [-0.4, -0.2) is 16.0 Å². The number of nitrogens with zero attached hydrogens (tertiary/aromatic N) is 1. The van der Waals surface area contributed by atoms with Crippen LogP contribution >= 0.6 is 0 Å². The highest BCUT2D eigenvalue weighted by molar-refractivity contribution is 6.01. The molecule has 0 unspecified atom stereocenters. The van der Waals surface area contributed by atoms with Crippen LogP contribution in [0.25, 0.3) is 10.8 Å². The minimum atomic E-state index is -1.09. The molecule has 7 heteroatoms. The van der Waals surface area contributed by atoms with Gasteiger partial charge in [-0.2, -0.15) is 0 Å². The summed E-state index contributed by atoms with van der Waals surface area (Å²) in [5, 5.41) is 25.8. The van der Waals surface area contributed by atoms with Crippen LogP contribution in [0, 0.1) is 10.1 Å². The molecule has 0 heterocycles. The Labute approximate surface area is 177 Å². The highest BCUT2D eigenvalue weighted by Crippen LogP contribution is 2.33. The third-order valence-corrected chi connectivity index (χ3v) is 4.79. The van der Waals surface area contributed by atoms with Crippen molar-refractivity contribution < 1.29 is 19.6 Å². The van der Waals surface area contributed by atoms with Gasteiger partial charge in [0.2, 0.25) is 0 Å². The molecular formula is C24H18N2O5. The van der Waals surface area contributed by atoms with Crippen LogP contribution in [0.1, 0.15) is 15.9 Å². The number of rotatable bonds is 7. The first kappa shape index (κ1) is 19.9. The highest BCUT2D eigenvalue weighted by atomic mass is 16.6. The summed E-state index contributed by atoms with van der Waals surface area (Å²) in [6, 6.07) is 24.5. The van der Waals surface area contributed by atoms with E-state index in [2.05, 4.69) is 5.32 Å². The number of nitrogens with one attached hydrogen (secondary N) is 1. The molecule has 4 aromatic rings. The fraction of sp³-hybridized carbons (Fsp3) is 0.0417. The molecule has 2 N–H and O–H groups in total. The largest absolute Gasteiger partial charge is 0.482 e. The van der Waals surface area contributed by atoms with Gasteiger partial charge in [-0.15, -0.1) is 0 Å². The van der Waals surface area contributed by atoms with E-state index in [9.17, 15) is 20.0 Å². The molecule has 154 valence electrons. The van der Waals surface area contributed by atoms with Crippen molar-refractivity contribution in [1.82, 2.24) is 0 Å². The second-order valence-corrected chi connectivity index (χ2v) is 6.89. The average molecular weight is 414 g/mol. The highest BCUT2D eigenvalue weighted by Gasteiger charge is 2.18. The molecule has 0 spiro atoms. The molecule has 7 nitrogen and oxygen atoms in total. The predicted molar refractivity (Wildman–Crippen MR) is 118 cm³/mol. The van der Waals surface area contributed by atoms with Gasteiger partial charge < -0.3 is 15.2 Å². The van der Waals surface area contributed by atoms with E-state index in [-0.39, 0.29) is 23.6 Å². The van der Waals surface area contributed by atoms with Gasteiger partial charge in [0.1, 0.15) is 6.61 Å². The number of carboxylic acid groups (broad SMARTS) is 1. The van der Waals surface area contributed by atoms with E-state index in [1.165, 1.54) is 12.1 Å². The van der Waals surface area contributed by atoms with Gasteiger partial charge in [0.05, 0.1) is 16.2 Å². The molecule has 0 aliphatic heterocycles. The number of hydrogen-bond acceptors (Lipinski definition) is 5. The molecule has 31 heavy (non-hydrogen) atoms. The number of fused-ring (bicyclic) bond motifs is 1. The average Bonchev–Trinajstić information content (AvgIpc) is 2.78. The van der Waals surface area contributed by atoms with E-state index in [1.807, 2.05) is 54.6 Å². The Hall–Kier alpha value is -4.39. The van der Waals surface area contributed by atoms with Gasteiger partial charge in [0, 0.05) is 11.8 Å². The molecule has 0 aliphatic carbocycles. The van der Waals surface area contributed by atoms with Crippen molar-refractivity contribution in [2.24, 2.45) is 0 Å². The van der Waals surface area contributed by atoms with Gasteiger partial charge in [-0.25, -0.2) is 4.79 Å². The Bertz CT molecular complexity index is 1270. The summed E-state index contributed by atoms with van der Waals surface area (Å²) in [5.41, 5.74) is 1.49. The molecule has 0 aliphatic rings. The molecule has 0 saturated heterocycles. The maximum Gasteiger partial charge on any atom is 0.337 e. The fourth-order valence-corrected chi connectivity index (χ4v) is 3.27. The number of benzene rings is 4. The molecule has 0 aromatic heterocycles. The van der Waals surface area contributed by atoms with Crippen LogP contribution < -0.4 is 10.1 Å². The number of aromatic carboxylic acids is 1. The van der Waals surface area contributed by atoms with Crippen molar-refractivity contribution in [2.45, 2.75) is 6.61 Å². The molecule has 0 bridgehead atoms. The lowest BCUT2D eigenvalue weighted by Crippen LogP contribution is -2.04. The number of nitro benzene ring substituents is 1. The second-order valence-electron chi connectivity index (χ2n) is 6.89. The topological polar surface area (TPSA) is 102 Å². The zero-order chi connectivity index (χ0) is 21.8. The molecule has 0 radical (unpaired) electrons. The summed E-state index contributed by atoms with van der Waals surface area (Å²) >= 11 is 0. The Morgan fingerprint density at radius 2 is 1.61 bits per heavy atom. The first-order valence-corrected chi connectivity index (χ1v) is 9.49. The Kier molecular flexibility index (Phi) is 5.49. The molecule has 4 aromatic carbocycles. The van der Waals surface area contributed by atoms with Gasteiger partial charge in [-0.3, -0.25) is 10.1 Å². The SMILES string of the molecule is O=C(O)c1cc2ccccc2cc1Nc1ccc(OCc2ccccc2)c([N+](=O)[O-])c1. The van der Waals surface area contributed by atoms with Gasteiger partial charge in [-0.05, 0) is 40.6 Å². The lowest BCUT2D eigenvalue weighted by Gasteiger charge is -2.13. The van der Waals surface area contributed by atoms with Crippen molar-refractivity contribution in [3.8, 4) is 5.75 Å². The monoisotopic (exact) mass is 414 g/mol. The number of nitro groups is 1. The smallest absolute Gasteiger partial charge is 0.337 e. The number of carboxylic acids is 1. The Morgan fingerprint density at radius 3 is 2.29 bits per heavy atom. The summed E-state index contributed by atoms with van der Waals surface area (Å²) in [5.74, 6) is -0.957. The van der Waals surface area contributed by atoms with Gasteiger partial charge >= 0.3 is 11.7 Å². The van der Waals surface area contributed by atoms with E-state index >= 15 is 0 Å². The van der Waals surface area contributed by atoms with E-state index < -0.39 is 10.9 Å². The number of carbonyl (C=O) groups is 1. The van der Waals surface area contributed by atoms with Gasteiger partial charge in [0.15, 0.2) is 5.75 Å². The van der Waals surface area contributed by atoms with E-state index in [4.69, 9.17) is 4.74 Å². The van der Waals surface area contributed by atoms with Crippen LogP contribution in [0.2, 0.25) is 0 Å².